The summed E-state index contributed by atoms with van der Waals surface area (Å²) in [6.45, 7) is 3.67. The minimum absolute atomic E-state index is 0.111. The molecule has 3 nitrogen and oxygen atoms in total. The molecule has 1 aromatic carbocycles. The van der Waals surface area contributed by atoms with Gasteiger partial charge >= 0.3 is 5.97 Å². The number of esters is 1. The normalized spacial score (nSPS) is 12.2. The van der Waals surface area contributed by atoms with E-state index in [0.717, 1.165) is 0 Å². The van der Waals surface area contributed by atoms with Crippen molar-refractivity contribution in [1.29, 1.82) is 0 Å². The predicted molar refractivity (Wildman–Crippen MR) is 57.3 cm³/mol. The van der Waals surface area contributed by atoms with Crippen molar-refractivity contribution in [3.63, 3.8) is 0 Å². The summed E-state index contributed by atoms with van der Waals surface area (Å²) in [4.78, 5) is 11.1. The molecule has 0 aromatic heterocycles. The van der Waals surface area contributed by atoms with Crippen LogP contribution >= 0.6 is 0 Å². The van der Waals surface area contributed by atoms with Crippen LogP contribution in [-0.4, -0.2) is 17.7 Å². The molecule has 0 bridgehead atoms. The number of halogens is 1. The zero-order chi connectivity index (χ0) is 12.1. The van der Waals surface area contributed by atoms with Crippen LogP contribution in [0, 0.1) is 12.7 Å². The summed E-state index contributed by atoms with van der Waals surface area (Å²) in [7, 11) is 0. The van der Waals surface area contributed by atoms with Crippen molar-refractivity contribution in [3.8, 4) is 0 Å². The zero-order valence-electron chi connectivity index (χ0n) is 9.37. The maximum absolute atomic E-state index is 12.8. The second-order valence-electron chi connectivity index (χ2n) is 3.53. The van der Waals surface area contributed by atoms with E-state index in [0.29, 0.717) is 11.1 Å². The van der Waals surface area contributed by atoms with E-state index < -0.39 is 12.1 Å². The molecule has 1 N–H and O–H groups in total. The van der Waals surface area contributed by atoms with E-state index >= 15 is 0 Å². The fourth-order valence-corrected chi connectivity index (χ4v) is 1.50. The van der Waals surface area contributed by atoms with Gasteiger partial charge in [-0.25, -0.2) is 4.39 Å². The number of aliphatic hydroxyl groups is 1. The number of hydrogen-bond donors (Lipinski definition) is 1. The van der Waals surface area contributed by atoms with Crippen molar-refractivity contribution in [2.75, 3.05) is 6.61 Å². The molecule has 0 fully saturated rings. The molecule has 16 heavy (non-hydrogen) atoms. The summed E-state index contributed by atoms with van der Waals surface area (Å²) >= 11 is 0. The molecule has 0 saturated carbocycles. The van der Waals surface area contributed by atoms with Gasteiger partial charge in [0.15, 0.2) is 0 Å². The number of carbonyl (C=O) groups excluding carboxylic acids is 1. The van der Waals surface area contributed by atoms with Crippen LogP contribution in [0.4, 0.5) is 4.39 Å². The van der Waals surface area contributed by atoms with Crippen molar-refractivity contribution < 1.29 is 19.0 Å². The molecule has 0 spiro atoms. The topological polar surface area (TPSA) is 46.5 Å². The first-order valence-electron chi connectivity index (χ1n) is 5.14. The number of rotatable bonds is 4. The highest BCUT2D eigenvalue weighted by Crippen LogP contribution is 2.21. The van der Waals surface area contributed by atoms with E-state index in [1.165, 1.54) is 18.2 Å². The Morgan fingerprint density at radius 2 is 2.25 bits per heavy atom. The van der Waals surface area contributed by atoms with Crippen LogP contribution in [0.1, 0.15) is 30.6 Å². The van der Waals surface area contributed by atoms with Gasteiger partial charge in [0.05, 0.1) is 19.1 Å². The minimum Gasteiger partial charge on any atom is -0.466 e. The summed E-state index contributed by atoms with van der Waals surface area (Å²) in [5.41, 5.74) is 1.17. The highest BCUT2D eigenvalue weighted by molar-refractivity contribution is 5.70. The quantitative estimate of drug-likeness (QED) is 0.800. The number of carbonyl (C=O) groups is 1. The Balaban J connectivity index is 2.72. The van der Waals surface area contributed by atoms with Crippen molar-refractivity contribution in [2.24, 2.45) is 0 Å². The number of benzene rings is 1. The van der Waals surface area contributed by atoms with Crippen LogP contribution in [-0.2, 0) is 9.53 Å². The molecule has 0 heterocycles. The number of hydrogen-bond acceptors (Lipinski definition) is 3. The molecule has 0 aliphatic rings. The molecular formula is C12H15FO3. The van der Waals surface area contributed by atoms with Gasteiger partial charge in [-0.15, -0.1) is 0 Å². The summed E-state index contributed by atoms with van der Waals surface area (Å²) in [5.74, 6) is -0.816. The average molecular weight is 226 g/mol. The van der Waals surface area contributed by atoms with Gasteiger partial charge in [-0.3, -0.25) is 4.79 Å². The van der Waals surface area contributed by atoms with E-state index in [1.54, 1.807) is 13.8 Å². The van der Waals surface area contributed by atoms with Crippen LogP contribution in [0.3, 0.4) is 0 Å². The monoisotopic (exact) mass is 226 g/mol. The first-order chi connectivity index (χ1) is 7.54. The van der Waals surface area contributed by atoms with Crippen LogP contribution in [0.15, 0.2) is 18.2 Å². The average Bonchev–Trinajstić information content (AvgIpc) is 2.17. The Morgan fingerprint density at radius 3 is 2.81 bits per heavy atom. The van der Waals surface area contributed by atoms with Crippen molar-refractivity contribution in [1.82, 2.24) is 0 Å². The number of aliphatic hydroxyl groups excluding tert-OH is 1. The Hall–Kier alpha value is -1.42. The lowest BCUT2D eigenvalue weighted by molar-refractivity contribution is -0.145. The molecule has 88 valence electrons. The SMILES string of the molecule is CCOC(=O)CC(O)c1ccc(F)cc1C. The summed E-state index contributed by atoms with van der Waals surface area (Å²) in [6.07, 6.45) is -1.06. The molecule has 0 saturated heterocycles. The Bertz CT molecular complexity index is 377. The molecule has 1 unspecified atom stereocenters. The molecular weight excluding hydrogens is 211 g/mol. The van der Waals surface area contributed by atoms with Gasteiger partial charge in [0.25, 0.3) is 0 Å². The summed E-state index contributed by atoms with van der Waals surface area (Å²) in [6, 6.07) is 4.06. The van der Waals surface area contributed by atoms with Crippen molar-refractivity contribution in [3.05, 3.63) is 35.1 Å². The summed E-state index contributed by atoms with van der Waals surface area (Å²) < 4.78 is 17.5. The third kappa shape index (κ3) is 3.31. The molecule has 1 rings (SSSR count). The Labute approximate surface area is 93.9 Å². The molecule has 4 heteroatoms. The first kappa shape index (κ1) is 12.6. The first-order valence-corrected chi connectivity index (χ1v) is 5.14. The predicted octanol–water partition coefficient (Wildman–Crippen LogP) is 2.12. The molecule has 1 aromatic rings. The van der Waals surface area contributed by atoms with E-state index in [2.05, 4.69) is 0 Å². The van der Waals surface area contributed by atoms with E-state index in [4.69, 9.17) is 4.74 Å². The molecule has 0 amide bonds. The van der Waals surface area contributed by atoms with Gasteiger partial charge in [0.2, 0.25) is 0 Å². The van der Waals surface area contributed by atoms with Gasteiger partial charge in [-0.1, -0.05) is 6.07 Å². The molecule has 0 aliphatic carbocycles. The van der Waals surface area contributed by atoms with E-state index in [-0.39, 0.29) is 18.8 Å². The van der Waals surface area contributed by atoms with Gasteiger partial charge in [-0.05, 0) is 37.1 Å². The van der Waals surface area contributed by atoms with Crippen molar-refractivity contribution >= 4 is 5.97 Å². The zero-order valence-corrected chi connectivity index (χ0v) is 9.37. The number of ether oxygens (including phenoxy) is 1. The minimum atomic E-state index is -0.945. The Kier molecular flexibility index (Phi) is 4.43. The lowest BCUT2D eigenvalue weighted by atomic mass is 10.0. The van der Waals surface area contributed by atoms with Gasteiger partial charge in [-0.2, -0.15) is 0 Å². The number of aryl methyl sites for hydroxylation is 1. The van der Waals surface area contributed by atoms with Crippen LogP contribution in [0.5, 0.6) is 0 Å². The lowest BCUT2D eigenvalue weighted by Crippen LogP contribution is -2.11. The molecule has 0 radical (unpaired) electrons. The maximum Gasteiger partial charge on any atom is 0.308 e. The van der Waals surface area contributed by atoms with Gasteiger partial charge < -0.3 is 9.84 Å². The third-order valence-electron chi connectivity index (χ3n) is 2.26. The standard InChI is InChI=1S/C12H15FO3/c1-3-16-12(15)7-11(14)10-5-4-9(13)6-8(10)2/h4-6,11,14H,3,7H2,1-2H3. The fourth-order valence-electron chi connectivity index (χ4n) is 1.50. The molecule has 0 aliphatic heterocycles. The lowest BCUT2D eigenvalue weighted by Gasteiger charge is -2.12. The van der Waals surface area contributed by atoms with Crippen LogP contribution < -0.4 is 0 Å². The van der Waals surface area contributed by atoms with Gasteiger partial charge in [0, 0.05) is 0 Å². The molecule has 1 atom stereocenters. The second-order valence-corrected chi connectivity index (χ2v) is 3.53. The maximum atomic E-state index is 12.8. The van der Waals surface area contributed by atoms with E-state index in [9.17, 15) is 14.3 Å². The highest BCUT2D eigenvalue weighted by Gasteiger charge is 2.15. The van der Waals surface area contributed by atoms with Gasteiger partial charge in [0.1, 0.15) is 5.82 Å². The summed E-state index contributed by atoms with van der Waals surface area (Å²) in [5, 5.41) is 9.77. The fraction of sp³-hybridized carbons (Fsp3) is 0.417. The highest BCUT2D eigenvalue weighted by atomic mass is 19.1. The largest absolute Gasteiger partial charge is 0.466 e. The third-order valence-corrected chi connectivity index (χ3v) is 2.26. The van der Waals surface area contributed by atoms with Crippen LogP contribution in [0.2, 0.25) is 0 Å². The van der Waals surface area contributed by atoms with E-state index in [1.807, 2.05) is 0 Å². The van der Waals surface area contributed by atoms with Crippen LogP contribution in [0.25, 0.3) is 0 Å². The second kappa shape index (κ2) is 5.61. The Morgan fingerprint density at radius 1 is 1.56 bits per heavy atom. The van der Waals surface area contributed by atoms with Crippen molar-refractivity contribution in [2.45, 2.75) is 26.4 Å². The smallest absolute Gasteiger partial charge is 0.308 e.